The second-order valence-corrected chi connectivity index (χ2v) is 4.80. The van der Waals surface area contributed by atoms with Gasteiger partial charge in [-0.3, -0.25) is 9.69 Å². The normalized spacial score (nSPS) is 26.7. The number of rotatable bonds is 0. The second kappa shape index (κ2) is 3.29. The fourth-order valence-electron chi connectivity index (χ4n) is 1.93. The van der Waals surface area contributed by atoms with E-state index in [9.17, 15) is 4.79 Å². The molecule has 0 N–H and O–H groups in total. The van der Waals surface area contributed by atoms with Gasteiger partial charge in [-0.25, -0.2) is 0 Å². The highest BCUT2D eigenvalue weighted by atomic mass is 16.2. The van der Waals surface area contributed by atoms with Crippen molar-refractivity contribution >= 4 is 5.91 Å². The van der Waals surface area contributed by atoms with Crippen LogP contribution in [0.1, 0.15) is 27.7 Å². The van der Waals surface area contributed by atoms with E-state index in [1.54, 1.807) is 0 Å². The van der Waals surface area contributed by atoms with Crippen LogP contribution in [0.3, 0.4) is 0 Å². The Labute approximate surface area is 80.7 Å². The van der Waals surface area contributed by atoms with Gasteiger partial charge in [0.2, 0.25) is 5.91 Å². The van der Waals surface area contributed by atoms with E-state index in [4.69, 9.17) is 0 Å². The molecule has 1 unspecified atom stereocenters. The van der Waals surface area contributed by atoms with E-state index in [0.717, 1.165) is 13.1 Å². The van der Waals surface area contributed by atoms with E-state index in [-0.39, 0.29) is 17.5 Å². The predicted molar refractivity (Wildman–Crippen MR) is 53.6 cm³/mol. The quantitative estimate of drug-likeness (QED) is 0.559. The number of hydrogen-bond donors (Lipinski definition) is 0. The maximum absolute atomic E-state index is 11.7. The molecule has 1 amide bonds. The number of likely N-dealkylation sites (N-methyl/N-ethyl adjacent to an activating group) is 1. The molecule has 0 saturated carbocycles. The summed E-state index contributed by atoms with van der Waals surface area (Å²) in [5, 5.41) is 0. The van der Waals surface area contributed by atoms with Crippen LogP contribution in [-0.4, -0.2) is 47.4 Å². The molecule has 0 aromatic carbocycles. The van der Waals surface area contributed by atoms with Crippen LogP contribution in [0.2, 0.25) is 0 Å². The van der Waals surface area contributed by atoms with Crippen LogP contribution in [0.5, 0.6) is 0 Å². The fraction of sp³-hybridized carbons (Fsp3) is 0.900. The van der Waals surface area contributed by atoms with Gasteiger partial charge in [-0.15, -0.1) is 0 Å². The average Bonchev–Trinajstić information content (AvgIpc) is 1.98. The van der Waals surface area contributed by atoms with Crippen LogP contribution in [0.15, 0.2) is 0 Å². The molecule has 0 radical (unpaired) electrons. The molecular weight excluding hydrogens is 164 g/mol. The minimum atomic E-state index is 0.0266. The molecule has 0 aliphatic carbocycles. The molecule has 3 nitrogen and oxygen atoms in total. The van der Waals surface area contributed by atoms with Crippen LogP contribution in [-0.2, 0) is 4.79 Å². The van der Waals surface area contributed by atoms with Crippen LogP contribution < -0.4 is 0 Å². The first kappa shape index (κ1) is 10.5. The Kier molecular flexibility index (Phi) is 2.66. The predicted octanol–water partition coefficient (Wildman–Crippen LogP) is 0.947. The van der Waals surface area contributed by atoms with E-state index in [2.05, 4.69) is 25.7 Å². The van der Waals surface area contributed by atoms with Crippen molar-refractivity contribution in [1.29, 1.82) is 0 Å². The average molecular weight is 184 g/mol. The Morgan fingerprint density at radius 2 is 1.85 bits per heavy atom. The highest BCUT2D eigenvalue weighted by molar-refractivity contribution is 5.82. The first-order valence-electron chi connectivity index (χ1n) is 4.86. The molecule has 0 aromatic heterocycles. The largest absolute Gasteiger partial charge is 0.343 e. The van der Waals surface area contributed by atoms with E-state index >= 15 is 0 Å². The molecule has 1 rings (SSSR count). The first-order valence-corrected chi connectivity index (χ1v) is 4.86. The summed E-state index contributed by atoms with van der Waals surface area (Å²) in [6.07, 6.45) is 0. The Balaban J connectivity index is 2.76. The number of hydrogen-bond acceptors (Lipinski definition) is 2. The first-order chi connectivity index (χ1) is 5.84. The Morgan fingerprint density at radius 3 is 2.31 bits per heavy atom. The molecule has 1 aliphatic heterocycles. The topological polar surface area (TPSA) is 23.6 Å². The van der Waals surface area contributed by atoms with Crippen molar-refractivity contribution in [3.63, 3.8) is 0 Å². The van der Waals surface area contributed by atoms with Gasteiger partial charge in [0.1, 0.15) is 0 Å². The molecule has 1 fully saturated rings. The van der Waals surface area contributed by atoms with Gasteiger partial charge in [-0.05, 0) is 27.7 Å². The Morgan fingerprint density at radius 1 is 1.31 bits per heavy atom. The third kappa shape index (κ3) is 2.02. The number of nitrogens with zero attached hydrogens (tertiary/aromatic N) is 2. The highest BCUT2D eigenvalue weighted by Gasteiger charge is 2.35. The Bertz CT molecular complexity index is 207. The van der Waals surface area contributed by atoms with Gasteiger partial charge in [-0.2, -0.15) is 0 Å². The third-order valence-electron chi connectivity index (χ3n) is 2.74. The van der Waals surface area contributed by atoms with Crippen molar-refractivity contribution in [1.82, 2.24) is 9.80 Å². The number of piperazine rings is 1. The molecule has 1 atom stereocenters. The number of carbonyl (C=O) groups excluding carboxylic acids is 1. The van der Waals surface area contributed by atoms with Gasteiger partial charge >= 0.3 is 0 Å². The zero-order valence-corrected chi connectivity index (χ0v) is 9.29. The maximum Gasteiger partial charge on any atom is 0.239 e. The molecule has 76 valence electrons. The zero-order chi connectivity index (χ0) is 10.2. The van der Waals surface area contributed by atoms with Gasteiger partial charge in [0.05, 0.1) is 6.04 Å². The summed E-state index contributed by atoms with van der Waals surface area (Å²) in [6.45, 7) is 10.3. The van der Waals surface area contributed by atoms with Crippen molar-refractivity contribution in [2.75, 3.05) is 20.1 Å². The van der Waals surface area contributed by atoms with Crippen molar-refractivity contribution < 1.29 is 4.79 Å². The zero-order valence-electron chi connectivity index (χ0n) is 9.29. The molecule has 13 heavy (non-hydrogen) atoms. The lowest BCUT2D eigenvalue weighted by Crippen LogP contribution is -2.60. The molecule has 1 heterocycles. The van der Waals surface area contributed by atoms with Crippen molar-refractivity contribution in [2.45, 2.75) is 39.3 Å². The summed E-state index contributed by atoms with van der Waals surface area (Å²) >= 11 is 0. The van der Waals surface area contributed by atoms with Crippen molar-refractivity contribution in [3.8, 4) is 0 Å². The fourth-order valence-corrected chi connectivity index (χ4v) is 1.93. The molecule has 3 heteroatoms. The number of carbonyl (C=O) groups is 1. The second-order valence-electron chi connectivity index (χ2n) is 4.80. The summed E-state index contributed by atoms with van der Waals surface area (Å²) in [6, 6.07) is 0.0266. The monoisotopic (exact) mass is 184 g/mol. The summed E-state index contributed by atoms with van der Waals surface area (Å²) in [7, 11) is 1.87. The van der Waals surface area contributed by atoms with E-state index in [1.807, 2.05) is 18.9 Å². The van der Waals surface area contributed by atoms with Gasteiger partial charge in [0, 0.05) is 25.7 Å². The van der Waals surface area contributed by atoms with Crippen molar-refractivity contribution in [2.24, 2.45) is 0 Å². The van der Waals surface area contributed by atoms with Gasteiger partial charge < -0.3 is 4.90 Å². The Hall–Kier alpha value is -0.570. The van der Waals surface area contributed by atoms with Gasteiger partial charge in [-0.1, -0.05) is 0 Å². The molecule has 1 aliphatic rings. The SMILES string of the molecule is CC1C(=O)N(C)CCN1C(C)(C)C. The van der Waals surface area contributed by atoms with Crippen LogP contribution in [0.4, 0.5) is 0 Å². The standard InChI is InChI=1S/C10H20N2O/c1-8-9(13)11(5)6-7-12(8)10(2,3)4/h8H,6-7H2,1-5H3. The summed E-state index contributed by atoms with van der Waals surface area (Å²) < 4.78 is 0. The van der Waals surface area contributed by atoms with Crippen LogP contribution in [0.25, 0.3) is 0 Å². The minimum absolute atomic E-state index is 0.0266. The number of amides is 1. The smallest absolute Gasteiger partial charge is 0.239 e. The maximum atomic E-state index is 11.7. The lowest BCUT2D eigenvalue weighted by atomic mass is 10.0. The minimum Gasteiger partial charge on any atom is -0.343 e. The van der Waals surface area contributed by atoms with Gasteiger partial charge in [0.25, 0.3) is 0 Å². The summed E-state index contributed by atoms with van der Waals surface area (Å²) in [5.41, 5.74) is 0.0936. The molecule has 1 saturated heterocycles. The summed E-state index contributed by atoms with van der Waals surface area (Å²) in [5.74, 6) is 0.237. The van der Waals surface area contributed by atoms with E-state index < -0.39 is 0 Å². The third-order valence-corrected chi connectivity index (χ3v) is 2.74. The van der Waals surface area contributed by atoms with Crippen LogP contribution in [0, 0.1) is 0 Å². The molecule has 0 spiro atoms. The van der Waals surface area contributed by atoms with Gasteiger partial charge in [0.15, 0.2) is 0 Å². The van der Waals surface area contributed by atoms with E-state index in [0.29, 0.717) is 0 Å². The molecular formula is C10H20N2O. The lowest BCUT2D eigenvalue weighted by molar-refractivity contribution is -0.142. The molecule has 0 aromatic rings. The van der Waals surface area contributed by atoms with Crippen molar-refractivity contribution in [3.05, 3.63) is 0 Å². The van der Waals surface area contributed by atoms with E-state index in [1.165, 1.54) is 0 Å². The summed E-state index contributed by atoms with van der Waals surface area (Å²) in [4.78, 5) is 15.7. The molecule has 0 bridgehead atoms. The highest BCUT2D eigenvalue weighted by Crippen LogP contribution is 2.20. The van der Waals surface area contributed by atoms with Crippen LogP contribution >= 0.6 is 0 Å². The lowest BCUT2D eigenvalue weighted by Gasteiger charge is -2.45.